The van der Waals surface area contributed by atoms with E-state index in [1.807, 2.05) is 6.92 Å². The summed E-state index contributed by atoms with van der Waals surface area (Å²) in [7, 11) is 0. The molecule has 17 heavy (non-hydrogen) atoms. The van der Waals surface area contributed by atoms with Gasteiger partial charge >= 0.3 is 5.97 Å². The van der Waals surface area contributed by atoms with Crippen LogP contribution in [-0.2, 0) is 4.74 Å². The summed E-state index contributed by atoms with van der Waals surface area (Å²) in [6.07, 6.45) is 2.30. The van der Waals surface area contributed by atoms with Crippen LogP contribution >= 0.6 is 11.3 Å². The van der Waals surface area contributed by atoms with Crippen LogP contribution in [0.4, 0.5) is 5.13 Å². The number of carbonyl (C=O) groups is 1. The molecule has 2 N–H and O–H groups in total. The van der Waals surface area contributed by atoms with Crippen LogP contribution in [0.1, 0.15) is 23.8 Å². The van der Waals surface area contributed by atoms with Crippen LogP contribution < -0.4 is 5.73 Å². The van der Waals surface area contributed by atoms with Crippen molar-refractivity contribution in [2.24, 2.45) is 0 Å². The summed E-state index contributed by atoms with van der Waals surface area (Å²) >= 11 is 1.21. The molecule has 0 aliphatic heterocycles. The minimum absolute atomic E-state index is 0.218. The van der Waals surface area contributed by atoms with Gasteiger partial charge in [-0.3, -0.25) is 0 Å². The first-order chi connectivity index (χ1) is 8.22. The van der Waals surface area contributed by atoms with E-state index in [1.165, 1.54) is 17.6 Å². The second kappa shape index (κ2) is 5.01. The SMILES string of the molecule is CCCOC(=O)c1nc(N)sc1-c1ccco1. The van der Waals surface area contributed by atoms with E-state index in [-0.39, 0.29) is 5.69 Å². The number of nitrogens with two attached hydrogens (primary N) is 1. The molecular weight excluding hydrogens is 240 g/mol. The normalized spacial score (nSPS) is 10.4. The van der Waals surface area contributed by atoms with Crippen molar-refractivity contribution in [3.63, 3.8) is 0 Å². The van der Waals surface area contributed by atoms with Gasteiger partial charge in [-0.05, 0) is 18.6 Å². The lowest BCUT2D eigenvalue weighted by Crippen LogP contribution is -2.07. The zero-order valence-electron chi connectivity index (χ0n) is 9.30. The molecule has 0 fully saturated rings. The predicted octanol–water partition coefficient (Wildman–Crippen LogP) is 2.55. The number of nitrogen functional groups attached to an aromatic ring is 1. The first-order valence-electron chi connectivity index (χ1n) is 5.19. The molecule has 0 spiro atoms. The first-order valence-corrected chi connectivity index (χ1v) is 6.01. The van der Waals surface area contributed by atoms with Gasteiger partial charge in [0.2, 0.25) is 0 Å². The fourth-order valence-electron chi connectivity index (χ4n) is 1.31. The molecule has 0 saturated carbocycles. The molecule has 0 bridgehead atoms. The highest BCUT2D eigenvalue weighted by atomic mass is 32.1. The topological polar surface area (TPSA) is 78.3 Å². The third kappa shape index (κ3) is 2.47. The molecule has 0 aromatic carbocycles. The van der Waals surface area contributed by atoms with E-state index in [0.29, 0.717) is 22.4 Å². The van der Waals surface area contributed by atoms with Crippen molar-refractivity contribution < 1.29 is 13.9 Å². The Balaban J connectivity index is 2.31. The van der Waals surface area contributed by atoms with Gasteiger partial charge in [0.05, 0.1) is 12.9 Å². The second-order valence-electron chi connectivity index (χ2n) is 3.34. The highest BCUT2D eigenvalue weighted by molar-refractivity contribution is 7.19. The summed E-state index contributed by atoms with van der Waals surface area (Å²) in [6.45, 7) is 2.30. The molecular formula is C11H12N2O3S. The standard InChI is InChI=1S/C11H12N2O3S/c1-2-5-16-10(14)8-9(17-11(12)13-8)7-4-3-6-15-7/h3-4,6H,2,5H2,1H3,(H2,12,13). The fourth-order valence-corrected chi connectivity index (χ4v) is 2.10. The minimum atomic E-state index is -0.466. The molecule has 0 aliphatic rings. The average Bonchev–Trinajstić information content (AvgIpc) is 2.93. The molecule has 0 amide bonds. The molecule has 0 atom stereocenters. The lowest BCUT2D eigenvalue weighted by atomic mass is 10.3. The number of thiazole rings is 1. The predicted molar refractivity (Wildman–Crippen MR) is 64.8 cm³/mol. The molecule has 5 nitrogen and oxygen atoms in total. The highest BCUT2D eigenvalue weighted by Crippen LogP contribution is 2.32. The van der Waals surface area contributed by atoms with Gasteiger partial charge in [0.25, 0.3) is 0 Å². The van der Waals surface area contributed by atoms with Crippen LogP contribution in [0.2, 0.25) is 0 Å². The number of esters is 1. The lowest BCUT2D eigenvalue weighted by Gasteiger charge is -2.01. The van der Waals surface area contributed by atoms with E-state index in [2.05, 4.69) is 4.98 Å². The second-order valence-corrected chi connectivity index (χ2v) is 4.37. The Morgan fingerprint density at radius 1 is 1.65 bits per heavy atom. The zero-order chi connectivity index (χ0) is 12.3. The van der Waals surface area contributed by atoms with E-state index in [0.717, 1.165) is 6.42 Å². The molecule has 6 heteroatoms. The highest BCUT2D eigenvalue weighted by Gasteiger charge is 2.21. The summed E-state index contributed by atoms with van der Waals surface area (Å²) in [5, 5.41) is 0.319. The Kier molecular flexibility index (Phi) is 3.43. The Morgan fingerprint density at radius 2 is 2.47 bits per heavy atom. The van der Waals surface area contributed by atoms with E-state index in [9.17, 15) is 4.79 Å². The van der Waals surface area contributed by atoms with Crippen molar-refractivity contribution in [3.05, 3.63) is 24.1 Å². The van der Waals surface area contributed by atoms with Crippen molar-refractivity contribution in [3.8, 4) is 10.6 Å². The van der Waals surface area contributed by atoms with Crippen molar-refractivity contribution in [1.29, 1.82) is 0 Å². The number of furan rings is 1. The van der Waals surface area contributed by atoms with Gasteiger partial charge in [-0.2, -0.15) is 0 Å². The van der Waals surface area contributed by atoms with Crippen LogP contribution in [0.5, 0.6) is 0 Å². The van der Waals surface area contributed by atoms with Crippen LogP contribution in [0, 0.1) is 0 Å². The molecule has 0 unspecified atom stereocenters. The molecule has 0 aliphatic carbocycles. The molecule has 2 aromatic heterocycles. The van der Waals surface area contributed by atoms with E-state index >= 15 is 0 Å². The molecule has 90 valence electrons. The average molecular weight is 252 g/mol. The van der Waals surface area contributed by atoms with Crippen molar-refractivity contribution in [2.45, 2.75) is 13.3 Å². The summed E-state index contributed by atoms with van der Waals surface area (Å²) in [5.74, 6) is 0.105. The van der Waals surface area contributed by atoms with Crippen molar-refractivity contribution in [2.75, 3.05) is 12.3 Å². The van der Waals surface area contributed by atoms with Crippen LogP contribution in [0.25, 0.3) is 10.6 Å². The summed E-state index contributed by atoms with van der Waals surface area (Å²) < 4.78 is 10.3. The van der Waals surface area contributed by atoms with Gasteiger partial charge in [0, 0.05) is 0 Å². The summed E-state index contributed by atoms with van der Waals surface area (Å²) in [6, 6.07) is 3.50. The largest absolute Gasteiger partial charge is 0.463 e. The third-order valence-corrected chi connectivity index (χ3v) is 2.92. The van der Waals surface area contributed by atoms with Crippen molar-refractivity contribution in [1.82, 2.24) is 4.98 Å². The molecule has 0 saturated heterocycles. The van der Waals surface area contributed by atoms with Gasteiger partial charge in [-0.15, -0.1) is 0 Å². The number of ether oxygens (including phenoxy) is 1. The van der Waals surface area contributed by atoms with E-state index in [4.69, 9.17) is 14.9 Å². The number of carbonyl (C=O) groups excluding carboxylic acids is 1. The third-order valence-electron chi connectivity index (χ3n) is 2.02. The van der Waals surface area contributed by atoms with Crippen LogP contribution in [0.15, 0.2) is 22.8 Å². The molecule has 2 aromatic rings. The van der Waals surface area contributed by atoms with E-state index in [1.54, 1.807) is 12.1 Å². The Morgan fingerprint density at radius 3 is 3.12 bits per heavy atom. The number of aromatic nitrogens is 1. The number of anilines is 1. The fraction of sp³-hybridized carbons (Fsp3) is 0.273. The van der Waals surface area contributed by atoms with Crippen LogP contribution in [-0.4, -0.2) is 17.6 Å². The van der Waals surface area contributed by atoms with Crippen LogP contribution in [0.3, 0.4) is 0 Å². The first kappa shape index (κ1) is 11.7. The maximum absolute atomic E-state index is 11.8. The summed E-state index contributed by atoms with van der Waals surface area (Å²) in [4.78, 5) is 16.3. The Bertz CT molecular complexity index is 505. The maximum Gasteiger partial charge on any atom is 0.358 e. The zero-order valence-corrected chi connectivity index (χ0v) is 10.1. The number of hydrogen-bond donors (Lipinski definition) is 1. The number of rotatable bonds is 4. The van der Waals surface area contributed by atoms with Crippen molar-refractivity contribution >= 4 is 22.4 Å². The van der Waals surface area contributed by atoms with Gasteiger partial charge in [0.15, 0.2) is 10.8 Å². The van der Waals surface area contributed by atoms with Gasteiger partial charge < -0.3 is 14.9 Å². The smallest absolute Gasteiger partial charge is 0.358 e. The minimum Gasteiger partial charge on any atom is -0.463 e. The summed E-state index contributed by atoms with van der Waals surface area (Å²) in [5.41, 5.74) is 5.83. The Labute approximate surface area is 102 Å². The van der Waals surface area contributed by atoms with E-state index < -0.39 is 5.97 Å². The molecule has 0 radical (unpaired) electrons. The number of hydrogen-bond acceptors (Lipinski definition) is 6. The molecule has 2 rings (SSSR count). The monoisotopic (exact) mass is 252 g/mol. The quantitative estimate of drug-likeness (QED) is 0.846. The lowest BCUT2D eigenvalue weighted by molar-refractivity contribution is 0.0500. The maximum atomic E-state index is 11.8. The molecule has 2 heterocycles. The van der Waals surface area contributed by atoms with Gasteiger partial charge in [-0.25, -0.2) is 9.78 Å². The van der Waals surface area contributed by atoms with Gasteiger partial charge in [0.1, 0.15) is 10.6 Å². The number of nitrogens with zero attached hydrogens (tertiary/aromatic N) is 1. The van der Waals surface area contributed by atoms with Gasteiger partial charge in [-0.1, -0.05) is 18.3 Å². The Hall–Kier alpha value is -1.82.